The lowest BCUT2D eigenvalue weighted by Gasteiger charge is -2.27. The van der Waals surface area contributed by atoms with Gasteiger partial charge in [0.05, 0.1) is 13.4 Å². The molecule has 1 heterocycles. The van der Waals surface area contributed by atoms with Crippen molar-refractivity contribution in [2.45, 2.75) is 32.3 Å². The van der Waals surface area contributed by atoms with E-state index in [0.717, 1.165) is 37.0 Å². The standard InChI is InChI=1S/C21H31N3O3/c1-21(2,17-8-10-18(25-4)11-9-17)16-24-20(22-3)23-12-6-13-26-15-19-7-5-14-27-19/h5,7-11,14H,6,12-13,15-16H2,1-4H3,(H2,22,23,24). The van der Waals surface area contributed by atoms with E-state index in [0.29, 0.717) is 13.2 Å². The van der Waals surface area contributed by atoms with Crippen LogP contribution in [0.5, 0.6) is 5.75 Å². The van der Waals surface area contributed by atoms with Gasteiger partial charge in [-0.2, -0.15) is 0 Å². The fourth-order valence-electron chi connectivity index (χ4n) is 2.62. The third-order valence-electron chi connectivity index (χ3n) is 4.38. The zero-order valence-corrected chi connectivity index (χ0v) is 16.7. The van der Waals surface area contributed by atoms with Crippen LogP contribution in [-0.4, -0.2) is 39.8 Å². The lowest BCUT2D eigenvalue weighted by molar-refractivity contribution is 0.105. The van der Waals surface area contributed by atoms with Crippen LogP contribution in [-0.2, 0) is 16.8 Å². The molecule has 1 aromatic carbocycles. The van der Waals surface area contributed by atoms with E-state index in [1.165, 1.54) is 5.56 Å². The lowest BCUT2D eigenvalue weighted by atomic mass is 9.84. The number of nitrogens with zero attached hydrogens (tertiary/aromatic N) is 1. The Morgan fingerprint density at radius 2 is 1.93 bits per heavy atom. The molecule has 6 heteroatoms. The first-order chi connectivity index (χ1) is 13.0. The number of furan rings is 1. The molecule has 6 nitrogen and oxygen atoms in total. The largest absolute Gasteiger partial charge is 0.497 e. The van der Waals surface area contributed by atoms with Gasteiger partial charge in [0.15, 0.2) is 5.96 Å². The Labute approximate surface area is 162 Å². The third-order valence-corrected chi connectivity index (χ3v) is 4.38. The molecule has 2 aromatic rings. The van der Waals surface area contributed by atoms with Crippen LogP contribution in [0.1, 0.15) is 31.6 Å². The van der Waals surface area contributed by atoms with Gasteiger partial charge in [0.25, 0.3) is 0 Å². The highest BCUT2D eigenvalue weighted by atomic mass is 16.5. The van der Waals surface area contributed by atoms with Gasteiger partial charge in [-0.15, -0.1) is 0 Å². The van der Waals surface area contributed by atoms with Crippen LogP contribution >= 0.6 is 0 Å². The predicted octanol–water partition coefficient (Wildman–Crippen LogP) is 3.34. The molecule has 0 fully saturated rings. The maximum Gasteiger partial charge on any atom is 0.191 e. The third kappa shape index (κ3) is 6.98. The van der Waals surface area contributed by atoms with Gasteiger partial charge in [-0.05, 0) is 36.2 Å². The molecule has 0 amide bonds. The van der Waals surface area contributed by atoms with E-state index in [4.69, 9.17) is 13.9 Å². The van der Waals surface area contributed by atoms with E-state index in [1.54, 1.807) is 20.4 Å². The van der Waals surface area contributed by atoms with E-state index in [1.807, 2.05) is 24.3 Å². The Morgan fingerprint density at radius 3 is 2.56 bits per heavy atom. The quantitative estimate of drug-likeness (QED) is 0.380. The number of nitrogens with one attached hydrogen (secondary N) is 2. The van der Waals surface area contributed by atoms with Crippen LogP contribution in [0.3, 0.4) is 0 Å². The number of rotatable bonds is 10. The van der Waals surface area contributed by atoms with Crippen LogP contribution < -0.4 is 15.4 Å². The topological polar surface area (TPSA) is 68.0 Å². The molecule has 0 atom stereocenters. The van der Waals surface area contributed by atoms with Crippen LogP contribution in [0.15, 0.2) is 52.1 Å². The Balaban J connectivity index is 1.67. The number of guanidine groups is 1. The Morgan fingerprint density at radius 1 is 1.15 bits per heavy atom. The fourth-order valence-corrected chi connectivity index (χ4v) is 2.62. The second kappa shape index (κ2) is 10.6. The Kier molecular flexibility index (Phi) is 8.20. The minimum Gasteiger partial charge on any atom is -0.497 e. The van der Waals surface area contributed by atoms with Gasteiger partial charge < -0.3 is 24.5 Å². The number of hydrogen-bond acceptors (Lipinski definition) is 4. The van der Waals surface area contributed by atoms with Crippen molar-refractivity contribution in [3.05, 3.63) is 54.0 Å². The molecule has 0 saturated carbocycles. The van der Waals surface area contributed by atoms with Crippen LogP contribution in [0, 0.1) is 0 Å². The highest BCUT2D eigenvalue weighted by molar-refractivity contribution is 5.79. The van der Waals surface area contributed by atoms with Crippen LogP contribution in [0.2, 0.25) is 0 Å². The monoisotopic (exact) mass is 373 g/mol. The molecule has 0 aliphatic carbocycles. The minimum absolute atomic E-state index is 0.0317. The van der Waals surface area contributed by atoms with Gasteiger partial charge in [0.2, 0.25) is 0 Å². The summed E-state index contributed by atoms with van der Waals surface area (Å²) in [6, 6.07) is 12.0. The van der Waals surface area contributed by atoms with Gasteiger partial charge in [-0.3, -0.25) is 4.99 Å². The van der Waals surface area contributed by atoms with Crippen molar-refractivity contribution >= 4 is 5.96 Å². The van der Waals surface area contributed by atoms with E-state index in [2.05, 4.69) is 41.6 Å². The van der Waals surface area contributed by atoms with E-state index < -0.39 is 0 Å². The van der Waals surface area contributed by atoms with Gasteiger partial charge in [-0.1, -0.05) is 26.0 Å². The summed E-state index contributed by atoms with van der Waals surface area (Å²) in [4.78, 5) is 4.29. The Hall–Kier alpha value is -2.47. The molecule has 0 bridgehead atoms. The smallest absolute Gasteiger partial charge is 0.191 e. The highest BCUT2D eigenvalue weighted by Crippen LogP contribution is 2.24. The first-order valence-electron chi connectivity index (χ1n) is 9.24. The number of benzene rings is 1. The summed E-state index contributed by atoms with van der Waals surface area (Å²) in [5.41, 5.74) is 1.22. The van der Waals surface area contributed by atoms with Gasteiger partial charge >= 0.3 is 0 Å². The molecule has 148 valence electrons. The molecular formula is C21H31N3O3. The molecule has 0 saturated heterocycles. The molecule has 0 aliphatic rings. The average Bonchev–Trinajstić information content (AvgIpc) is 3.20. The summed E-state index contributed by atoms with van der Waals surface area (Å²) >= 11 is 0. The molecule has 1 aromatic heterocycles. The van der Waals surface area contributed by atoms with E-state index >= 15 is 0 Å². The molecule has 27 heavy (non-hydrogen) atoms. The lowest BCUT2D eigenvalue weighted by Crippen LogP contribution is -2.43. The molecule has 0 spiro atoms. The first-order valence-corrected chi connectivity index (χ1v) is 9.24. The van der Waals surface area contributed by atoms with Crippen molar-refractivity contribution in [2.24, 2.45) is 4.99 Å². The Bertz CT molecular complexity index is 679. The molecule has 2 N–H and O–H groups in total. The van der Waals surface area contributed by atoms with Crippen molar-refractivity contribution in [3.63, 3.8) is 0 Å². The fraction of sp³-hybridized carbons (Fsp3) is 0.476. The minimum atomic E-state index is -0.0317. The van der Waals surface area contributed by atoms with Crippen molar-refractivity contribution in [1.82, 2.24) is 10.6 Å². The van der Waals surface area contributed by atoms with Crippen molar-refractivity contribution in [3.8, 4) is 5.75 Å². The van der Waals surface area contributed by atoms with Crippen molar-refractivity contribution in [1.29, 1.82) is 0 Å². The average molecular weight is 373 g/mol. The van der Waals surface area contributed by atoms with E-state index in [-0.39, 0.29) is 5.41 Å². The summed E-state index contributed by atoms with van der Waals surface area (Å²) in [6.45, 7) is 7.15. The zero-order chi connectivity index (χ0) is 19.5. The second-order valence-corrected chi connectivity index (χ2v) is 6.95. The number of hydrogen-bond donors (Lipinski definition) is 2. The van der Waals surface area contributed by atoms with Crippen molar-refractivity contribution < 1.29 is 13.9 Å². The summed E-state index contributed by atoms with van der Waals surface area (Å²) in [5.74, 6) is 2.51. The highest BCUT2D eigenvalue weighted by Gasteiger charge is 2.21. The number of aliphatic imine (C=N–C) groups is 1. The molecule has 0 aliphatic heterocycles. The molecular weight excluding hydrogens is 342 g/mol. The van der Waals surface area contributed by atoms with E-state index in [9.17, 15) is 0 Å². The maximum atomic E-state index is 5.58. The predicted molar refractivity (Wildman–Crippen MR) is 108 cm³/mol. The maximum absolute atomic E-state index is 5.58. The normalized spacial score (nSPS) is 12.1. The van der Waals surface area contributed by atoms with Crippen molar-refractivity contribution in [2.75, 3.05) is 33.9 Å². The summed E-state index contributed by atoms with van der Waals surface area (Å²) in [5, 5.41) is 6.72. The second-order valence-electron chi connectivity index (χ2n) is 6.95. The molecule has 0 radical (unpaired) electrons. The zero-order valence-electron chi connectivity index (χ0n) is 16.7. The number of methoxy groups -OCH3 is 1. The van der Waals surface area contributed by atoms with Gasteiger partial charge in [0.1, 0.15) is 18.1 Å². The summed E-state index contributed by atoms with van der Waals surface area (Å²) in [6.07, 6.45) is 2.55. The van der Waals surface area contributed by atoms with Gasteiger partial charge in [0, 0.05) is 32.2 Å². The summed E-state index contributed by atoms with van der Waals surface area (Å²) < 4.78 is 16.0. The summed E-state index contributed by atoms with van der Waals surface area (Å²) in [7, 11) is 3.46. The van der Waals surface area contributed by atoms with Crippen LogP contribution in [0.4, 0.5) is 0 Å². The first kappa shape index (κ1) is 20.8. The molecule has 2 rings (SSSR count). The van der Waals surface area contributed by atoms with Crippen LogP contribution in [0.25, 0.3) is 0 Å². The molecule has 0 unspecified atom stereocenters. The number of ether oxygens (including phenoxy) is 2. The SMILES string of the molecule is CN=C(NCCCOCc1ccco1)NCC(C)(C)c1ccc(OC)cc1. The van der Waals surface area contributed by atoms with Gasteiger partial charge in [-0.25, -0.2) is 0 Å².